The Labute approximate surface area is 129 Å². The van der Waals surface area contributed by atoms with Gasteiger partial charge in [0.05, 0.1) is 18.2 Å². The number of aromatic hydroxyl groups is 1. The van der Waals surface area contributed by atoms with Gasteiger partial charge in [-0.3, -0.25) is 10.1 Å². The van der Waals surface area contributed by atoms with Crippen LogP contribution in [0.5, 0.6) is 11.5 Å². The summed E-state index contributed by atoms with van der Waals surface area (Å²) in [7, 11) is 1.08. The monoisotopic (exact) mass is 332 g/mol. The summed E-state index contributed by atoms with van der Waals surface area (Å²) < 4.78 is 43.7. The molecule has 0 unspecified atom stereocenters. The fraction of sp³-hybridized carbons (Fsp3) is 0.429. The first-order valence-corrected chi connectivity index (χ1v) is 6.79. The maximum Gasteiger partial charge on any atom is 0.417 e. The van der Waals surface area contributed by atoms with Crippen LogP contribution < -0.4 is 15.4 Å². The first-order valence-electron chi connectivity index (χ1n) is 6.79. The minimum Gasteiger partial charge on any atom is -0.504 e. The predicted octanol–water partition coefficient (Wildman–Crippen LogP) is 2.27. The Kier molecular flexibility index (Phi) is 4.67. The van der Waals surface area contributed by atoms with Crippen molar-refractivity contribution in [2.45, 2.75) is 19.0 Å². The minimum atomic E-state index is -4.85. The number of alkyl halides is 3. The van der Waals surface area contributed by atoms with Crippen molar-refractivity contribution in [3.05, 3.63) is 23.3 Å². The third-order valence-electron chi connectivity index (χ3n) is 3.34. The molecule has 0 radical (unpaired) electrons. The van der Waals surface area contributed by atoms with Crippen LogP contribution in [-0.4, -0.2) is 30.7 Å². The number of rotatable bonds is 4. The lowest BCUT2D eigenvalue weighted by Gasteiger charge is -2.15. The van der Waals surface area contributed by atoms with Crippen molar-refractivity contribution in [2.24, 2.45) is 5.92 Å². The lowest BCUT2D eigenvalue weighted by molar-refractivity contribution is -0.138. The number of hydrogen-bond acceptors (Lipinski definition) is 4. The molecule has 126 valence electrons. The Hall–Kier alpha value is -2.45. The summed E-state index contributed by atoms with van der Waals surface area (Å²) in [6, 6.07) is 0.239. The molecule has 0 atom stereocenters. The number of phenolic OH excluding ortho intramolecular Hbond substituents is 1. The number of carbonyl (C=O) groups excluding carboxylic acids is 2. The quantitative estimate of drug-likeness (QED) is 0.789. The second-order valence-corrected chi connectivity index (χ2v) is 5.17. The average molecular weight is 332 g/mol. The largest absolute Gasteiger partial charge is 0.504 e. The van der Waals surface area contributed by atoms with Gasteiger partial charge >= 0.3 is 12.2 Å². The van der Waals surface area contributed by atoms with E-state index in [4.69, 9.17) is 0 Å². The van der Waals surface area contributed by atoms with E-state index in [0.717, 1.165) is 20.0 Å². The van der Waals surface area contributed by atoms with Crippen LogP contribution in [0.15, 0.2) is 12.1 Å². The Morgan fingerprint density at radius 1 is 1.35 bits per heavy atom. The van der Waals surface area contributed by atoms with Crippen LogP contribution in [0.2, 0.25) is 0 Å². The van der Waals surface area contributed by atoms with E-state index in [1.165, 1.54) is 0 Å². The van der Waals surface area contributed by atoms with Crippen LogP contribution in [0.25, 0.3) is 0 Å². The van der Waals surface area contributed by atoms with Gasteiger partial charge in [-0.15, -0.1) is 0 Å². The first-order chi connectivity index (χ1) is 10.7. The Morgan fingerprint density at radius 3 is 2.52 bits per heavy atom. The molecule has 3 amide bonds. The van der Waals surface area contributed by atoms with Crippen LogP contribution in [0, 0.1) is 5.92 Å². The van der Waals surface area contributed by atoms with Gasteiger partial charge in [0.15, 0.2) is 11.5 Å². The molecule has 1 aromatic rings. The highest BCUT2D eigenvalue weighted by Crippen LogP contribution is 2.38. The Morgan fingerprint density at radius 2 is 2.00 bits per heavy atom. The van der Waals surface area contributed by atoms with Crippen molar-refractivity contribution in [3.8, 4) is 11.5 Å². The Bertz CT molecular complexity index is 627. The number of carbonyl (C=O) groups is 2. The Balaban J connectivity index is 2.20. The minimum absolute atomic E-state index is 0.353. The van der Waals surface area contributed by atoms with Crippen molar-refractivity contribution in [3.63, 3.8) is 0 Å². The third kappa shape index (κ3) is 4.27. The number of imide groups is 1. The molecule has 0 saturated heterocycles. The molecular weight excluding hydrogens is 317 g/mol. The summed E-state index contributed by atoms with van der Waals surface area (Å²) in [6.07, 6.45) is -2.91. The SMILES string of the molecule is COc1cc(C(F)(F)F)c(C(=O)NC(=O)NCC2CC2)cc1O. The molecule has 1 aromatic carbocycles. The molecule has 9 heteroatoms. The van der Waals surface area contributed by atoms with E-state index in [0.29, 0.717) is 24.6 Å². The highest BCUT2D eigenvalue weighted by molar-refractivity contribution is 6.05. The number of phenols is 1. The number of amides is 3. The smallest absolute Gasteiger partial charge is 0.417 e. The standard InChI is InChI=1S/C14H15F3N2O4/c1-23-11-5-9(14(15,16)17)8(4-10(11)20)12(21)19-13(22)18-6-7-2-3-7/h4-5,7,20H,2-3,6H2,1H3,(H2,18,19,21,22). The van der Waals surface area contributed by atoms with Crippen LogP contribution in [0.4, 0.5) is 18.0 Å². The van der Waals surface area contributed by atoms with E-state index in [2.05, 4.69) is 10.1 Å². The zero-order chi connectivity index (χ0) is 17.2. The summed E-state index contributed by atoms with van der Waals surface area (Å²) in [4.78, 5) is 23.4. The molecule has 0 heterocycles. The first kappa shape index (κ1) is 16.9. The molecule has 6 nitrogen and oxygen atoms in total. The van der Waals surface area contributed by atoms with Crippen molar-refractivity contribution >= 4 is 11.9 Å². The van der Waals surface area contributed by atoms with E-state index in [9.17, 15) is 27.9 Å². The zero-order valence-corrected chi connectivity index (χ0v) is 12.2. The van der Waals surface area contributed by atoms with Gasteiger partial charge in [0.1, 0.15) is 0 Å². The number of halogens is 3. The van der Waals surface area contributed by atoms with Gasteiger partial charge < -0.3 is 15.2 Å². The summed E-state index contributed by atoms with van der Waals surface area (Å²) >= 11 is 0. The molecule has 2 rings (SSSR count). The molecule has 0 bridgehead atoms. The number of ether oxygens (including phenoxy) is 1. The second kappa shape index (κ2) is 6.35. The van der Waals surface area contributed by atoms with E-state index in [1.807, 2.05) is 5.32 Å². The summed E-state index contributed by atoms with van der Waals surface area (Å²) in [5.74, 6) is -1.97. The summed E-state index contributed by atoms with van der Waals surface area (Å²) in [5.41, 5.74) is -2.17. The topological polar surface area (TPSA) is 87.7 Å². The van der Waals surface area contributed by atoms with Gasteiger partial charge in [-0.1, -0.05) is 0 Å². The fourth-order valence-electron chi connectivity index (χ4n) is 1.93. The molecule has 0 aromatic heterocycles. The van der Waals surface area contributed by atoms with Crippen LogP contribution in [0.3, 0.4) is 0 Å². The van der Waals surface area contributed by atoms with Gasteiger partial charge in [0, 0.05) is 6.54 Å². The van der Waals surface area contributed by atoms with Crippen molar-refractivity contribution < 1.29 is 32.6 Å². The summed E-state index contributed by atoms with van der Waals surface area (Å²) in [6.45, 7) is 0.360. The van der Waals surface area contributed by atoms with Crippen molar-refractivity contribution in [2.75, 3.05) is 13.7 Å². The number of urea groups is 1. The molecule has 23 heavy (non-hydrogen) atoms. The van der Waals surface area contributed by atoms with Crippen molar-refractivity contribution in [1.29, 1.82) is 0 Å². The van der Waals surface area contributed by atoms with E-state index in [-0.39, 0.29) is 0 Å². The number of methoxy groups -OCH3 is 1. The molecule has 1 fully saturated rings. The molecule has 1 aliphatic rings. The molecular formula is C14H15F3N2O4. The highest BCUT2D eigenvalue weighted by Gasteiger charge is 2.37. The second-order valence-electron chi connectivity index (χ2n) is 5.17. The van der Waals surface area contributed by atoms with Crippen LogP contribution >= 0.6 is 0 Å². The van der Waals surface area contributed by atoms with E-state index < -0.39 is 40.7 Å². The number of hydrogen-bond donors (Lipinski definition) is 3. The van der Waals surface area contributed by atoms with Gasteiger partial charge in [0.25, 0.3) is 5.91 Å². The van der Waals surface area contributed by atoms with Crippen LogP contribution in [-0.2, 0) is 6.18 Å². The zero-order valence-electron chi connectivity index (χ0n) is 12.2. The third-order valence-corrected chi connectivity index (χ3v) is 3.34. The fourth-order valence-corrected chi connectivity index (χ4v) is 1.93. The number of nitrogens with one attached hydrogen (secondary N) is 2. The number of benzene rings is 1. The maximum absolute atomic E-state index is 13.0. The average Bonchev–Trinajstić information content (AvgIpc) is 3.27. The highest BCUT2D eigenvalue weighted by atomic mass is 19.4. The molecule has 3 N–H and O–H groups in total. The van der Waals surface area contributed by atoms with Gasteiger partial charge in [0.2, 0.25) is 0 Å². The molecule has 0 spiro atoms. The molecule has 1 aliphatic carbocycles. The van der Waals surface area contributed by atoms with Gasteiger partial charge in [-0.2, -0.15) is 13.2 Å². The predicted molar refractivity (Wildman–Crippen MR) is 73.2 cm³/mol. The lowest BCUT2D eigenvalue weighted by atomic mass is 10.0. The van der Waals surface area contributed by atoms with Crippen LogP contribution in [0.1, 0.15) is 28.8 Å². The van der Waals surface area contributed by atoms with Crippen molar-refractivity contribution in [1.82, 2.24) is 10.6 Å². The van der Waals surface area contributed by atoms with Gasteiger partial charge in [-0.05, 0) is 30.9 Å². The lowest BCUT2D eigenvalue weighted by Crippen LogP contribution is -2.40. The summed E-state index contributed by atoms with van der Waals surface area (Å²) in [5, 5.41) is 13.8. The van der Waals surface area contributed by atoms with E-state index >= 15 is 0 Å². The van der Waals surface area contributed by atoms with E-state index in [1.54, 1.807) is 0 Å². The maximum atomic E-state index is 13.0. The molecule has 1 saturated carbocycles. The van der Waals surface area contributed by atoms with Gasteiger partial charge in [-0.25, -0.2) is 4.79 Å². The molecule has 0 aliphatic heterocycles. The normalized spacial score (nSPS) is 14.3.